The van der Waals surface area contributed by atoms with E-state index in [0.717, 1.165) is 19.6 Å². The van der Waals surface area contributed by atoms with E-state index in [0.29, 0.717) is 18.0 Å². The van der Waals surface area contributed by atoms with Crippen molar-refractivity contribution >= 4 is 23.2 Å². The number of nitrogens with zero attached hydrogens (tertiary/aromatic N) is 1. The molecule has 1 saturated heterocycles. The Bertz CT molecular complexity index is 706. The summed E-state index contributed by atoms with van der Waals surface area (Å²) in [6.45, 7) is 3.61. The van der Waals surface area contributed by atoms with Gasteiger partial charge in [0.15, 0.2) is 0 Å². The van der Waals surface area contributed by atoms with Crippen LogP contribution >= 0.6 is 11.3 Å². The van der Waals surface area contributed by atoms with Crippen molar-refractivity contribution in [2.75, 3.05) is 32.8 Å². The summed E-state index contributed by atoms with van der Waals surface area (Å²) >= 11 is 1.35. The Morgan fingerprint density at radius 3 is 2.77 bits per heavy atom. The fourth-order valence-corrected chi connectivity index (χ4v) is 3.47. The third-order valence-electron chi connectivity index (χ3n) is 4.15. The van der Waals surface area contributed by atoms with Crippen molar-refractivity contribution in [3.05, 3.63) is 58.3 Å². The normalized spacial score (nSPS) is 17.6. The zero-order valence-electron chi connectivity index (χ0n) is 14.5. The van der Waals surface area contributed by atoms with Crippen LogP contribution in [0, 0.1) is 0 Å². The number of amides is 2. The minimum Gasteiger partial charge on any atom is -0.374 e. The lowest BCUT2D eigenvalue weighted by Crippen LogP contribution is -2.48. The van der Waals surface area contributed by atoms with Gasteiger partial charge in [-0.15, -0.1) is 11.3 Å². The molecule has 0 aliphatic carbocycles. The number of nitrogens with one attached hydrogen (secondary N) is 2. The van der Waals surface area contributed by atoms with Crippen molar-refractivity contribution in [2.24, 2.45) is 0 Å². The minimum atomic E-state index is -0.224. The first kappa shape index (κ1) is 18.6. The number of thiophene rings is 1. The third kappa shape index (κ3) is 5.66. The van der Waals surface area contributed by atoms with Crippen LogP contribution < -0.4 is 10.6 Å². The first-order valence-corrected chi connectivity index (χ1v) is 9.55. The Morgan fingerprint density at radius 2 is 2.00 bits per heavy atom. The summed E-state index contributed by atoms with van der Waals surface area (Å²) in [4.78, 5) is 26.7. The maximum atomic E-state index is 11.9. The fourth-order valence-electron chi connectivity index (χ4n) is 2.83. The Balaban J connectivity index is 1.37. The lowest BCUT2D eigenvalue weighted by molar-refractivity contribution is -0.121. The smallest absolute Gasteiger partial charge is 0.261 e. The minimum absolute atomic E-state index is 0.0306. The Hall–Kier alpha value is -2.22. The van der Waals surface area contributed by atoms with Crippen LogP contribution in [0.2, 0.25) is 0 Å². The molecule has 26 heavy (non-hydrogen) atoms. The van der Waals surface area contributed by atoms with E-state index in [9.17, 15) is 9.59 Å². The summed E-state index contributed by atoms with van der Waals surface area (Å²) in [6.07, 6.45) is -0.0376. The molecule has 1 aliphatic heterocycles. The highest BCUT2D eigenvalue weighted by Gasteiger charge is 2.21. The number of rotatable bonds is 7. The number of morpholine rings is 1. The maximum Gasteiger partial charge on any atom is 0.261 e. The SMILES string of the molecule is O=C(CNC(=O)c1cccs1)NCC1CN(Cc2ccccc2)CCO1. The highest BCUT2D eigenvalue weighted by atomic mass is 32.1. The van der Waals surface area contributed by atoms with Crippen molar-refractivity contribution in [1.82, 2.24) is 15.5 Å². The highest BCUT2D eigenvalue weighted by Crippen LogP contribution is 2.10. The molecule has 1 aliphatic rings. The van der Waals surface area contributed by atoms with Gasteiger partial charge < -0.3 is 15.4 Å². The van der Waals surface area contributed by atoms with E-state index in [4.69, 9.17) is 4.74 Å². The van der Waals surface area contributed by atoms with E-state index in [1.54, 1.807) is 12.1 Å². The van der Waals surface area contributed by atoms with Crippen molar-refractivity contribution < 1.29 is 14.3 Å². The Kier molecular flexibility index (Phi) is 6.76. The van der Waals surface area contributed by atoms with Crippen molar-refractivity contribution in [1.29, 1.82) is 0 Å². The molecule has 2 amide bonds. The van der Waals surface area contributed by atoms with Gasteiger partial charge in [0.1, 0.15) is 0 Å². The number of carbonyl (C=O) groups excluding carboxylic acids is 2. The summed E-state index contributed by atoms with van der Waals surface area (Å²) in [5.41, 5.74) is 1.27. The molecule has 1 fully saturated rings. The van der Waals surface area contributed by atoms with E-state index in [-0.39, 0.29) is 24.5 Å². The molecule has 1 unspecified atom stereocenters. The van der Waals surface area contributed by atoms with Crippen LogP contribution in [0.3, 0.4) is 0 Å². The molecule has 2 N–H and O–H groups in total. The Morgan fingerprint density at radius 1 is 1.15 bits per heavy atom. The van der Waals surface area contributed by atoms with Crippen LogP contribution in [-0.4, -0.2) is 55.6 Å². The van der Waals surface area contributed by atoms with Gasteiger partial charge in [0.2, 0.25) is 5.91 Å². The Labute approximate surface area is 157 Å². The standard InChI is InChI=1S/C19H23N3O3S/c23-18(12-21-19(24)17-7-4-10-26-17)20-11-16-14-22(8-9-25-16)13-15-5-2-1-3-6-15/h1-7,10,16H,8-9,11-14H2,(H,20,23)(H,21,24). The van der Waals surface area contributed by atoms with Crippen molar-refractivity contribution in [3.8, 4) is 0 Å². The molecular weight excluding hydrogens is 350 g/mol. The summed E-state index contributed by atoms with van der Waals surface area (Å²) in [5.74, 6) is -0.434. The van der Waals surface area contributed by atoms with Gasteiger partial charge in [-0.1, -0.05) is 36.4 Å². The maximum absolute atomic E-state index is 11.9. The zero-order chi connectivity index (χ0) is 18.2. The third-order valence-corrected chi connectivity index (χ3v) is 5.02. The number of ether oxygens (including phenoxy) is 1. The van der Waals surface area contributed by atoms with Crippen molar-refractivity contribution in [3.63, 3.8) is 0 Å². The predicted octanol–water partition coefficient (Wildman–Crippen LogP) is 1.50. The topological polar surface area (TPSA) is 70.7 Å². The van der Waals surface area contributed by atoms with E-state index in [1.807, 2.05) is 23.6 Å². The molecule has 1 aromatic heterocycles. The highest BCUT2D eigenvalue weighted by molar-refractivity contribution is 7.12. The van der Waals surface area contributed by atoms with E-state index >= 15 is 0 Å². The summed E-state index contributed by atoms with van der Waals surface area (Å²) in [5, 5.41) is 7.29. The number of carbonyl (C=O) groups is 2. The van der Waals surface area contributed by atoms with Gasteiger partial charge in [-0.3, -0.25) is 14.5 Å². The monoisotopic (exact) mass is 373 g/mol. The van der Waals surface area contributed by atoms with Gasteiger partial charge in [0.25, 0.3) is 5.91 Å². The van der Waals surface area contributed by atoms with Gasteiger partial charge in [0.05, 0.1) is 24.1 Å². The molecule has 0 bridgehead atoms. The second-order valence-electron chi connectivity index (χ2n) is 6.18. The van der Waals surface area contributed by atoms with E-state index in [2.05, 4.69) is 27.7 Å². The average molecular weight is 373 g/mol. The van der Waals surface area contributed by atoms with E-state index < -0.39 is 0 Å². The summed E-state index contributed by atoms with van der Waals surface area (Å²) in [7, 11) is 0. The lowest BCUT2D eigenvalue weighted by Gasteiger charge is -2.33. The number of benzene rings is 1. The molecule has 3 rings (SSSR count). The van der Waals surface area contributed by atoms with Gasteiger partial charge in [-0.05, 0) is 17.0 Å². The molecule has 1 atom stereocenters. The number of hydrogen-bond acceptors (Lipinski definition) is 5. The first-order chi connectivity index (χ1) is 12.7. The van der Waals surface area contributed by atoms with E-state index in [1.165, 1.54) is 16.9 Å². The molecule has 2 aromatic rings. The fraction of sp³-hybridized carbons (Fsp3) is 0.368. The first-order valence-electron chi connectivity index (χ1n) is 8.67. The lowest BCUT2D eigenvalue weighted by atomic mass is 10.2. The molecule has 138 valence electrons. The number of hydrogen-bond donors (Lipinski definition) is 2. The molecular formula is C19H23N3O3S. The van der Waals surface area contributed by atoms with Crippen LogP contribution in [-0.2, 0) is 16.1 Å². The largest absolute Gasteiger partial charge is 0.374 e. The van der Waals surface area contributed by atoms with Gasteiger partial charge in [0, 0.05) is 26.2 Å². The van der Waals surface area contributed by atoms with Crippen molar-refractivity contribution in [2.45, 2.75) is 12.6 Å². The second kappa shape index (κ2) is 9.47. The predicted molar refractivity (Wildman–Crippen MR) is 101 cm³/mol. The average Bonchev–Trinajstić information content (AvgIpc) is 3.20. The molecule has 0 radical (unpaired) electrons. The molecule has 6 nitrogen and oxygen atoms in total. The van der Waals surface area contributed by atoms with Crippen LogP contribution in [0.25, 0.3) is 0 Å². The van der Waals surface area contributed by atoms with Gasteiger partial charge >= 0.3 is 0 Å². The second-order valence-corrected chi connectivity index (χ2v) is 7.13. The molecule has 0 spiro atoms. The quantitative estimate of drug-likeness (QED) is 0.772. The molecule has 2 heterocycles. The van der Waals surface area contributed by atoms with Crippen LogP contribution in [0.15, 0.2) is 47.8 Å². The van der Waals surface area contributed by atoms with Crippen LogP contribution in [0.4, 0.5) is 0 Å². The van der Waals surface area contributed by atoms with Gasteiger partial charge in [-0.2, -0.15) is 0 Å². The van der Waals surface area contributed by atoms with Gasteiger partial charge in [-0.25, -0.2) is 0 Å². The summed E-state index contributed by atoms with van der Waals surface area (Å²) < 4.78 is 5.74. The van der Waals surface area contributed by atoms with Crippen LogP contribution in [0.5, 0.6) is 0 Å². The molecule has 1 aromatic carbocycles. The molecule has 0 saturated carbocycles. The molecule has 7 heteroatoms. The zero-order valence-corrected chi connectivity index (χ0v) is 15.3. The van der Waals surface area contributed by atoms with Crippen LogP contribution in [0.1, 0.15) is 15.2 Å². The summed E-state index contributed by atoms with van der Waals surface area (Å²) in [6, 6.07) is 13.9.